The van der Waals surface area contributed by atoms with E-state index in [1.165, 1.54) is 16.8 Å². The van der Waals surface area contributed by atoms with Gasteiger partial charge >= 0.3 is 0 Å². The number of nitrogens with zero attached hydrogens (tertiary/aromatic N) is 3. The third kappa shape index (κ3) is 3.87. The summed E-state index contributed by atoms with van der Waals surface area (Å²) in [5.74, 6) is -0.0234. The minimum atomic E-state index is -0.458. The van der Waals surface area contributed by atoms with Crippen molar-refractivity contribution in [3.63, 3.8) is 0 Å². The van der Waals surface area contributed by atoms with Crippen molar-refractivity contribution in [3.05, 3.63) is 81.7 Å². The van der Waals surface area contributed by atoms with Crippen molar-refractivity contribution >= 4 is 17.3 Å². The Morgan fingerprint density at radius 1 is 1.15 bits per heavy atom. The molecule has 138 valence electrons. The molecule has 0 aliphatic rings. The van der Waals surface area contributed by atoms with Gasteiger partial charge in [0.15, 0.2) is 5.69 Å². The fourth-order valence-corrected chi connectivity index (χ4v) is 2.84. The van der Waals surface area contributed by atoms with Crippen LogP contribution >= 0.6 is 0 Å². The molecule has 2 aromatic carbocycles. The van der Waals surface area contributed by atoms with Crippen molar-refractivity contribution < 1.29 is 9.72 Å². The van der Waals surface area contributed by atoms with Crippen molar-refractivity contribution in [2.24, 2.45) is 0 Å². The number of carbonyl (C=O) groups is 1. The van der Waals surface area contributed by atoms with E-state index in [1.54, 1.807) is 24.4 Å². The number of anilines is 1. The zero-order chi connectivity index (χ0) is 19.6. The van der Waals surface area contributed by atoms with E-state index >= 15 is 0 Å². The molecule has 0 spiro atoms. The van der Waals surface area contributed by atoms with E-state index in [1.807, 2.05) is 25.1 Å². The summed E-state index contributed by atoms with van der Waals surface area (Å²) in [7, 11) is 0. The number of hydrogen-bond acceptors (Lipinski definition) is 4. The number of nitro groups is 1. The molecule has 0 fully saturated rings. The van der Waals surface area contributed by atoms with Crippen LogP contribution in [0.25, 0.3) is 5.69 Å². The Balaban J connectivity index is 1.83. The SMILES string of the molecule is Cc1cccc(C(C)C)c1NC(=O)c1ccn(-c2ccc([N+](=O)[O-])cc2)n1. The molecule has 0 atom stereocenters. The second-order valence-corrected chi connectivity index (χ2v) is 6.57. The normalized spacial score (nSPS) is 10.8. The Morgan fingerprint density at radius 2 is 1.85 bits per heavy atom. The summed E-state index contributed by atoms with van der Waals surface area (Å²) in [5.41, 5.74) is 3.78. The fourth-order valence-electron chi connectivity index (χ4n) is 2.84. The molecule has 0 aliphatic heterocycles. The number of nitrogens with one attached hydrogen (secondary N) is 1. The van der Waals surface area contributed by atoms with Gasteiger partial charge in [0.1, 0.15) is 0 Å². The van der Waals surface area contributed by atoms with E-state index < -0.39 is 4.92 Å². The molecule has 1 aromatic heterocycles. The first kappa shape index (κ1) is 18.3. The lowest BCUT2D eigenvalue weighted by Crippen LogP contribution is -2.15. The minimum Gasteiger partial charge on any atom is -0.320 e. The van der Waals surface area contributed by atoms with Crippen LogP contribution in [-0.2, 0) is 0 Å². The Morgan fingerprint density at radius 3 is 2.48 bits per heavy atom. The first-order valence-corrected chi connectivity index (χ1v) is 8.58. The lowest BCUT2D eigenvalue weighted by Gasteiger charge is -2.15. The maximum atomic E-state index is 12.7. The van der Waals surface area contributed by atoms with Gasteiger partial charge in [-0.05, 0) is 42.2 Å². The molecule has 0 aliphatic carbocycles. The number of aryl methyl sites for hydroxylation is 1. The fraction of sp³-hybridized carbons (Fsp3) is 0.200. The average Bonchev–Trinajstić information content (AvgIpc) is 3.13. The average molecular weight is 364 g/mol. The van der Waals surface area contributed by atoms with Crippen molar-refractivity contribution in [2.75, 3.05) is 5.32 Å². The molecule has 0 radical (unpaired) electrons. The summed E-state index contributed by atoms with van der Waals surface area (Å²) in [5, 5.41) is 18.0. The van der Waals surface area contributed by atoms with Crippen LogP contribution in [0.4, 0.5) is 11.4 Å². The molecule has 3 aromatic rings. The maximum Gasteiger partial charge on any atom is 0.276 e. The highest BCUT2D eigenvalue weighted by Gasteiger charge is 2.16. The molecule has 1 heterocycles. The summed E-state index contributed by atoms with van der Waals surface area (Å²) >= 11 is 0. The van der Waals surface area contributed by atoms with Crippen molar-refractivity contribution in [1.82, 2.24) is 9.78 Å². The Kier molecular flexibility index (Phi) is 5.03. The van der Waals surface area contributed by atoms with Crippen LogP contribution in [-0.4, -0.2) is 20.6 Å². The smallest absolute Gasteiger partial charge is 0.276 e. The van der Waals surface area contributed by atoms with E-state index in [2.05, 4.69) is 24.3 Å². The Bertz CT molecular complexity index is 991. The molecule has 3 rings (SSSR count). The number of nitro benzene ring substituents is 1. The predicted molar refractivity (Wildman–Crippen MR) is 103 cm³/mol. The molecular formula is C20H20N4O3. The zero-order valence-electron chi connectivity index (χ0n) is 15.3. The highest BCUT2D eigenvalue weighted by atomic mass is 16.6. The van der Waals surface area contributed by atoms with Crippen molar-refractivity contribution in [2.45, 2.75) is 26.7 Å². The third-order valence-corrected chi connectivity index (χ3v) is 4.31. The number of amides is 1. The summed E-state index contributed by atoms with van der Waals surface area (Å²) < 4.78 is 1.51. The van der Waals surface area contributed by atoms with E-state index in [0.717, 1.165) is 16.8 Å². The summed E-state index contributed by atoms with van der Waals surface area (Å²) in [6.45, 7) is 6.11. The Labute approximate surface area is 156 Å². The van der Waals surface area contributed by atoms with Gasteiger partial charge in [-0.15, -0.1) is 0 Å². The van der Waals surface area contributed by atoms with E-state index in [9.17, 15) is 14.9 Å². The first-order valence-electron chi connectivity index (χ1n) is 8.58. The lowest BCUT2D eigenvalue weighted by molar-refractivity contribution is -0.384. The molecule has 1 amide bonds. The van der Waals surface area contributed by atoms with Crippen LogP contribution in [0.1, 0.15) is 41.4 Å². The van der Waals surface area contributed by atoms with E-state index in [4.69, 9.17) is 0 Å². The number of carbonyl (C=O) groups excluding carboxylic acids is 1. The number of aromatic nitrogens is 2. The van der Waals surface area contributed by atoms with Crippen LogP contribution < -0.4 is 5.32 Å². The van der Waals surface area contributed by atoms with Gasteiger partial charge in [0.05, 0.1) is 10.6 Å². The van der Waals surface area contributed by atoms with Gasteiger partial charge in [-0.1, -0.05) is 32.0 Å². The summed E-state index contributed by atoms with van der Waals surface area (Å²) in [6.07, 6.45) is 1.65. The van der Waals surface area contributed by atoms with Crippen LogP contribution in [0.5, 0.6) is 0 Å². The van der Waals surface area contributed by atoms with Gasteiger partial charge in [-0.2, -0.15) is 5.10 Å². The largest absolute Gasteiger partial charge is 0.320 e. The second kappa shape index (κ2) is 7.41. The van der Waals surface area contributed by atoms with Gasteiger partial charge in [0.25, 0.3) is 11.6 Å². The van der Waals surface area contributed by atoms with Crippen LogP contribution in [0.15, 0.2) is 54.7 Å². The minimum absolute atomic E-state index is 0.00430. The van der Waals surface area contributed by atoms with E-state index in [-0.39, 0.29) is 23.2 Å². The molecule has 7 nitrogen and oxygen atoms in total. The van der Waals surface area contributed by atoms with Gasteiger partial charge in [-0.25, -0.2) is 4.68 Å². The van der Waals surface area contributed by atoms with E-state index in [0.29, 0.717) is 5.69 Å². The van der Waals surface area contributed by atoms with Crippen LogP contribution in [0.3, 0.4) is 0 Å². The molecule has 0 saturated heterocycles. The number of rotatable bonds is 5. The molecule has 0 bridgehead atoms. The van der Waals surface area contributed by atoms with Gasteiger partial charge in [-0.3, -0.25) is 14.9 Å². The third-order valence-electron chi connectivity index (χ3n) is 4.31. The maximum absolute atomic E-state index is 12.7. The zero-order valence-corrected chi connectivity index (χ0v) is 15.3. The molecule has 0 unspecified atom stereocenters. The second-order valence-electron chi connectivity index (χ2n) is 6.57. The topological polar surface area (TPSA) is 90.1 Å². The number of benzene rings is 2. The van der Waals surface area contributed by atoms with Crippen LogP contribution in [0.2, 0.25) is 0 Å². The van der Waals surface area contributed by atoms with Crippen molar-refractivity contribution in [3.8, 4) is 5.69 Å². The molecule has 7 heteroatoms. The quantitative estimate of drug-likeness (QED) is 0.534. The number of non-ortho nitro benzene ring substituents is 1. The summed E-state index contributed by atoms with van der Waals surface area (Å²) in [6, 6.07) is 13.5. The molecular weight excluding hydrogens is 344 g/mol. The Hall–Kier alpha value is -3.48. The van der Waals surface area contributed by atoms with Crippen molar-refractivity contribution in [1.29, 1.82) is 0 Å². The van der Waals surface area contributed by atoms with Gasteiger partial charge < -0.3 is 5.32 Å². The monoisotopic (exact) mass is 364 g/mol. The van der Waals surface area contributed by atoms with Gasteiger partial charge in [0.2, 0.25) is 0 Å². The molecule has 27 heavy (non-hydrogen) atoms. The van der Waals surface area contributed by atoms with Gasteiger partial charge in [0, 0.05) is 24.0 Å². The molecule has 0 saturated carbocycles. The number of hydrogen-bond donors (Lipinski definition) is 1. The number of para-hydroxylation sites is 1. The lowest BCUT2D eigenvalue weighted by atomic mass is 9.98. The predicted octanol–water partition coefficient (Wildman–Crippen LogP) is 4.46. The first-order chi connectivity index (χ1) is 12.9. The van der Waals surface area contributed by atoms with Crippen LogP contribution in [0, 0.1) is 17.0 Å². The molecule has 1 N–H and O–H groups in total. The highest BCUT2D eigenvalue weighted by Crippen LogP contribution is 2.27. The highest BCUT2D eigenvalue weighted by molar-refractivity contribution is 6.03. The summed E-state index contributed by atoms with van der Waals surface area (Å²) in [4.78, 5) is 22.9. The standard InChI is InChI=1S/C20H20N4O3/c1-13(2)17-6-4-5-14(3)19(17)21-20(25)18-11-12-23(22-18)15-7-9-16(10-8-15)24(26)27/h4-13H,1-3H3,(H,21,25).